The van der Waals surface area contributed by atoms with Crippen LogP contribution in [0.3, 0.4) is 0 Å². The lowest BCUT2D eigenvalue weighted by atomic mass is 10.0. The lowest BCUT2D eigenvalue weighted by Crippen LogP contribution is -2.28. The summed E-state index contributed by atoms with van der Waals surface area (Å²) in [5.74, 6) is -0.566. The largest absolute Gasteiger partial charge is 0.462 e. The molecule has 0 aromatic carbocycles. The van der Waals surface area contributed by atoms with Crippen LogP contribution in [0, 0.1) is 0 Å². The van der Waals surface area contributed by atoms with Gasteiger partial charge in [-0.2, -0.15) is 0 Å². The summed E-state index contributed by atoms with van der Waals surface area (Å²) >= 11 is 0. The normalized spacial score (nSPS) is 12.5. The molecule has 0 amide bonds. The number of ether oxygens (including phenoxy) is 2. The highest BCUT2D eigenvalue weighted by Crippen LogP contribution is 2.19. The van der Waals surface area contributed by atoms with E-state index in [1.807, 2.05) is 0 Å². The molecule has 0 aromatic rings. The quantitative estimate of drug-likeness (QED) is 0.0373. The first-order valence-corrected chi connectivity index (χ1v) is 34.3. The highest BCUT2D eigenvalue weighted by atomic mass is 16.6. The number of esters is 2. The van der Waals surface area contributed by atoms with E-state index in [4.69, 9.17) is 9.47 Å². The standard InChI is InChI=1S/C72H132O5/c1-3-5-7-9-11-13-15-17-19-21-23-25-27-29-30-31-32-33-34-35-36-37-38-39-40-41-42-43-45-47-49-51-53-55-57-59-61-63-65-67-72(75)77-70(68-73)69-76-71(74)66-64-62-60-58-56-54-52-50-48-46-44-28-26-24-22-20-18-16-14-12-10-8-6-4-2/h5,7,11,13,17,19,23,25,29-30,70,73H,3-4,6,8-10,12,14-16,18,20-22,24,26-28,31-69H2,1-2H3/b7-5-,13-11-,19-17-,25-23-,30-29-. The van der Waals surface area contributed by atoms with E-state index in [2.05, 4.69) is 74.6 Å². The molecule has 0 aromatic heterocycles. The van der Waals surface area contributed by atoms with Crippen LogP contribution in [-0.2, 0) is 19.1 Å². The number of rotatable bonds is 64. The van der Waals surface area contributed by atoms with Crippen molar-refractivity contribution in [3.05, 3.63) is 60.8 Å². The maximum Gasteiger partial charge on any atom is 0.306 e. The zero-order valence-electron chi connectivity index (χ0n) is 51.7. The van der Waals surface area contributed by atoms with Crippen LogP contribution in [0.1, 0.15) is 367 Å². The van der Waals surface area contributed by atoms with Crippen molar-refractivity contribution in [1.82, 2.24) is 0 Å². The van der Waals surface area contributed by atoms with E-state index in [9.17, 15) is 14.7 Å². The minimum Gasteiger partial charge on any atom is -0.462 e. The van der Waals surface area contributed by atoms with E-state index < -0.39 is 6.10 Å². The molecular formula is C72H132O5. The summed E-state index contributed by atoms with van der Waals surface area (Å²) in [5, 5.41) is 9.69. The van der Waals surface area contributed by atoms with Crippen LogP contribution >= 0.6 is 0 Å². The van der Waals surface area contributed by atoms with Gasteiger partial charge in [-0.25, -0.2) is 0 Å². The van der Waals surface area contributed by atoms with Crippen molar-refractivity contribution in [3.63, 3.8) is 0 Å². The van der Waals surface area contributed by atoms with Crippen LogP contribution in [-0.4, -0.2) is 36.4 Å². The lowest BCUT2D eigenvalue weighted by molar-refractivity contribution is -0.161. The van der Waals surface area contributed by atoms with Crippen molar-refractivity contribution in [3.8, 4) is 0 Å². The van der Waals surface area contributed by atoms with Gasteiger partial charge in [-0.15, -0.1) is 0 Å². The van der Waals surface area contributed by atoms with Crippen LogP contribution in [0.2, 0.25) is 0 Å². The van der Waals surface area contributed by atoms with Crippen molar-refractivity contribution in [2.75, 3.05) is 13.2 Å². The Morgan fingerprint density at radius 3 is 0.844 bits per heavy atom. The minimum atomic E-state index is -0.770. The van der Waals surface area contributed by atoms with E-state index in [-0.39, 0.29) is 25.2 Å². The first-order chi connectivity index (χ1) is 38.1. The average Bonchev–Trinajstić information content (AvgIpc) is 3.43. The molecule has 5 nitrogen and oxygen atoms in total. The lowest BCUT2D eigenvalue weighted by Gasteiger charge is -2.15. The van der Waals surface area contributed by atoms with Crippen molar-refractivity contribution in [2.24, 2.45) is 0 Å². The Bertz CT molecular complexity index is 1310. The molecule has 0 saturated heterocycles. The number of unbranched alkanes of at least 4 members (excludes halogenated alkanes) is 46. The van der Waals surface area contributed by atoms with Gasteiger partial charge in [0.2, 0.25) is 0 Å². The van der Waals surface area contributed by atoms with Crippen LogP contribution in [0.15, 0.2) is 60.8 Å². The number of aliphatic hydroxyl groups excluding tert-OH is 1. The van der Waals surface area contributed by atoms with Crippen LogP contribution in [0.4, 0.5) is 0 Å². The maximum atomic E-state index is 12.4. The van der Waals surface area contributed by atoms with Crippen molar-refractivity contribution >= 4 is 11.9 Å². The van der Waals surface area contributed by atoms with Gasteiger partial charge in [0.15, 0.2) is 6.10 Å². The summed E-state index contributed by atoms with van der Waals surface area (Å²) in [6.07, 6.45) is 92.6. The molecule has 0 aliphatic carbocycles. The summed E-state index contributed by atoms with van der Waals surface area (Å²) in [5.41, 5.74) is 0. The molecule has 0 saturated carbocycles. The Kier molecular flexibility index (Phi) is 65.8. The molecule has 0 spiro atoms. The van der Waals surface area contributed by atoms with Gasteiger partial charge in [-0.3, -0.25) is 9.59 Å². The molecule has 0 bridgehead atoms. The van der Waals surface area contributed by atoms with E-state index in [0.29, 0.717) is 12.8 Å². The fourth-order valence-corrected chi connectivity index (χ4v) is 10.5. The second-order valence-corrected chi connectivity index (χ2v) is 23.2. The molecule has 0 radical (unpaired) electrons. The maximum absolute atomic E-state index is 12.4. The number of carbonyl (C=O) groups is 2. The number of hydrogen-bond donors (Lipinski definition) is 1. The smallest absolute Gasteiger partial charge is 0.306 e. The Morgan fingerprint density at radius 1 is 0.312 bits per heavy atom. The molecule has 1 unspecified atom stereocenters. The molecule has 1 N–H and O–H groups in total. The zero-order valence-corrected chi connectivity index (χ0v) is 51.7. The Morgan fingerprint density at radius 2 is 0.558 bits per heavy atom. The Balaban J connectivity index is 3.39. The van der Waals surface area contributed by atoms with Crippen molar-refractivity contribution < 1.29 is 24.2 Å². The van der Waals surface area contributed by atoms with E-state index in [1.165, 1.54) is 276 Å². The fraction of sp³-hybridized carbons (Fsp3) is 0.833. The Labute approximate surface area is 481 Å². The molecule has 450 valence electrons. The first-order valence-electron chi connectivity index (χ1n) is 34.3. The highest BCUT2D eigenvalue weighted by molar-refractivity contribution is 5.70. The van der Waals surface area contributed by atoms with Gasteiger partial charge in [0.25, 0.3) is 0 Å². The van der Waals surface area contributed by atoms with E-state index >= 15 is 0 Å². The summed E-state index contributed by atoms with van der Waals surface area (Å²) in [6.45, 7) is 4.09. The first kappa shape index (κ1) is 74.6. The minimum absolute atomic E-state index is 0.0592. The van der Waals surface area contributed by atoms with Gasteiger partial charge in [-0.05, 0) is 57.8 Å². The third kappa shape index (κ3) is 66.0. The van der Waals surface area contributed by atoms with Gasteiger partial charge in [0, 0.05) is 12.8 Å². The van der Waals surface area contributed by atoms with Crippen molar-refractivity contribution in [2.45, 2.75) is 373 Å². The summed E-state index contributed by atoms with van der Waals surface area (Å²) in [7, 11) is 0. The molecule has 77 heavy (non-hydrogen) atoms. The fourth-order valence-electron chi connectivity index (χ4n) is 10.5. The van der Waals surface area contributed by atoms with Gasteiger partial charge >= 0.3 is 11.9 Å². The number of hydrogen-bond acceptors (Lipinski definition) is 5. The third-order valence-corrected chi connectivity index (χ3v) is 15.6. The van der Waals surface area contributed by atoms with E-state index in [0.717, 1.165) is 64.2 Å². The summed E-state index contributed by atoms with van der Waals surface area (Å²) < 4.78 is 10.8. The van der Waals surface area contributed by atoms with E-state index in [1.54, 1.807) is 0 Å². The van der Waals surface area contributed by atoms with Crippen LogP contribution in [0.5, 0.6) is 0 Å². The third-order valence-electron chi connectivity index (χ3n) is 15.6. The summed E-state index contributed by atoms with van der Waals surface area (Å²) in [4.78, 5) is 24.6. The molecule has 0 rings (SSSR count). The van der Waals surface area contributed by atoms with Gasteiger partial charge in [-0.1, -0.05) is 357 Å². The molecular weight excluding hydrogens is 945 g/mol. The monoisotopic (exact) mass is 1080 g/mol. The SMILES string of the molecule is CC/C=C\C/C=C\C/C=C\C/C=C\C/C=C\CCCCCCCCCCCCCCCCCCCCCCCCCC(=O)OC(CO)COC(=O)CCCCCCCCCCCCCCCCCCCCCCCCCC. The molecule has 0 fully saturated rings. The number of carbonyl (C=O) groups excluding carboxylic acids is 2. The van der Waals surface area contributed by atoms with Gasteiger partial charge < -0.3 is 14.6 Å². The molecule has 5 heteroatoms. The topological polar surface area (TPSA) is 72.8 Å². The molecule has 0 aliphatic rings. The predicted molar refractivity (Wildman–Crippen MR) is 339 cm³/mol. The second kappa shape index (κ2) is 67.9. The molecule has 0 aliphatic heterocycles. The second-order valence-electron chi connectivity index (χ2n) is 23.2. The van der Waals surface area contributed by atoms with Crippen LogP contribution < -0.4 is 0 Å². The average molecular weight is 1080 g/mol. The highest BCUT2D eigenvalue weighted by Gasteiger charge is 2.16. The predicted octanol–water partition coefficient (Wildman–Crippen LogP) is 23.7. The van der Waals surface area contributed by atoms with Gasteiger partial charge in [0.05, 0.1) is 6.61 Å². The van der Waals surface area contributed by atoms with Crippen LogP contribution in [0.25, 0.3) is 0 Å². The Hall–Kier alpha value is -2.40. The molecule has 1 atom stereocenters. The summed E-state index contributed by atoms with van der Waals surface area (Å²) in [6, 6.07) is 0. The number of allylic oxidation sites excluding steroid dienone is 10. The van der Waals surface area contributed by atoms with Gasteiger partial charge in [0.1, 0.15) is 6.61 Å². The van der Waals surface area contributed by atoms with Crippen molar-refractivity contribution in [1.29, 1.82) is 0 Å². The molecule has 0 heterocycles. The zero-order chi connectivity index (χ0) is 55.5. The number of aliphatic hydroxyl groups is 1.